The molecule has 0 aliphatic rings. The maximum absolute atomic E-state index is 4.22. The van der Waals surface area contributed by atoms with Crippen molar-refractivity contribution in [1.82, 2.24) is 9.97 Å². The summed E-state index contributed by atoms with van der Waals surface area (Å²) >= 11 is 2.19. The molecular weight excluding hydrogens is 337 g/mol. The SMILES string of the molecule is CC(C)(C)c1ccc(Nc2ncc(I)cn2)cc1. The highest BCUT2D eigenvalue weighted by Gasteiger charge is 2.12. The molecule has 0 atom stereocenters. The van der Waals surface area contributed by atoms with Crippen molar-refractivity contribution in [2.75, 3.05) is 5.32 Å². The minimum Gasteiger partial charge on any atom is -0.324 e. The molecule has 0 amide bonds. The first-order chi connectivity index (χ1) is 8.45. The van der Waals surface area contributed by atoms with Crippen LogP contribution in [0.5, 0.6) is 0 Å². The Bertz CT molecular complexity index is 512. The zero-order valence-electron chi connectivity index (χ0n) is 10.7. The third-order valence-electron chi connectivity index (χ3n) is 2.63. The number of hydrogen-bond donors (Lipinski definition) is 1. The quantitative estimate of drug-likeness (QED) is 0.826. The maximum atomic E-state index is 4.22. The highest BCUT2D eigenvalue weighted by Crippen LogP contribution is 2.24. The van der Waals surface area contributed by atoms with Crippen LogP contribution >= 0.6 is 22.6 Å². The van der Waals surface area contributed by atoms with Crippen LogP contribution in [0.15, 0.2) is 36.7 Å². The second-order valence-electron chi connectivity index (χ2n) is 5.18. The summed E-state index contributed by atoms with van der Waals surface area (Å²) in [5.41, 5.74) is 2.50. The van der Waals surface area contributed by atoms with Crippen LogP contribution in [-0.2, 0) is 5.41 Å². The second-order valence-corrected chi connectivity index (χ2v) is 6.42. The van der Waals surface area contributed by atoms with Crippen molar-refractivity contribution < 1.29 is 0 Å². The molecule has 4 heteroatoms. The predicted octanol–water partition coefficient (Wildman–Crippen LogP) is 4.12. The van der Waals surface area contributed by atoms with Gasteiger partial charge in [0.1, 0.15) is 0 Å². The first-order valence-corrected chi connectivity index (χ1v) is 6.88. The van der Waals surface area contributed by atoms with Gasteiger partial charge in [0.25, 0.3) is 0 Å². The van der Waals surface area contributed by atoms with Crippen LogP contribution in [0.3, 0.4) is 0 Å². The van der Waals surface area contributed by atoms with Gasteiger partial charge in [-0.2, -0.15) is 0 Å². The summed E-state index contributed by atoms with van der Waals surface area (Å²) in [5, 5.41) is 3.18. The van der Waals surface area contributed by atoms with E-state index in [1.54, 1.807) is 12.4 Å². The van der Waals surface area contributed by atoms with Gasteiger partial charge in [0.15, 0.2) is 0 Å². The van der Waals surface area contributed by atoms with E-state index >= 15 is 0 Å². The summed E-state index contributed by atoms with van der Waals surface area (Å²) in [5.74, 6) is 0.624. The van der Waals surface area contributed by atoms with E-state index in [9.17, 15) is 0 Å². The van der Waals surface area contributed by atoms with Crippen molar-refractivity contribution in [3.63, 3.8) is 0 Å². The normalized spacial score (nSPS) is 11.3. The molecule has 0 radical (unpaired) electrons. The predicted molar refractivity (Wildman–Crippen MR) is 83.2 cm³/mol. The van der Waals surface area contributed by atoms with Crippen molar-refractivity contribution in [2.24, 2.45) is 0 Å². The Morgan fingerprint density at radius 3 is 2.06 bits per heavy atom. The number of halogens is 1. The zero-order chi connectivity index (χ0) is 13.2. The molecule has 0 aliphatic heterocycles. The summed E-state index contributed by atoms with van der Waals surface area (Å²) in [4.78, 5) is 8.43. The largest absolute Gasteiger partial charge is 0.324 e. The van der Waals surface area contributed by atoms with E-state index in [1.165, 1.54) is 5.56 Å². The molecule has 0 fully saturated rings. The molecule has 2 rings (SSSR count). The minimum absolute atomic E-state index is 0.178. The Labute approximate surface area is 121 Å². The van der Waals surface area contributed by atoms with Gasteiger partial charge in [0.05, 0.1) is 0 Å². The van der Waals surface area contributed by atoms with E-state index < -0.39 is 0 Å². The fraction of sp³-hybridized carbons (Fsp3) is 0.286. The Morgan fingerprint density at radius 1 is 1.00 bits per heavy atom. The molecule has 1 aromatic heterocycles. The summed E-state index contributed by atoms with van der Waals surface area (Å²) in [7, 11) is 0. The van der Waals surface area contributed by atoms with Gasteiger partial charge in [0, 0.05) is 21.7 Å². The second kappa shape index (κ2) is 5.22. The molecule has 0 aliphatic carbocycles. The van der Waals surface area contributed by atoms with Gasteiger partial charge >= 0.3 is 0 Å². The van der Waals surface area contributed by atoms with Crippen LogP contribution in [0.2, 0.25) is 0 Å². The van der Waals surface area contributed by atoms with Gasteiger partial charge in [-0.05, 0) is 45.7 Å². The first kappa shape index (κ1) is 13.3. The van der Waals surface area contributed by atoms with Crippen LogP contribution in [0.4, 0.5) is 11.6 Å². The number of nitrogens with zero attached hydrogens (tertiary/aromatic N) is 2. The average molecular weight is 353 g/mol. The lowest BCUT2D eigenvalue weighted by Gasteiger charge is -2.19. The lowest BCUT2D eigenvalue weighted by atomic mass is 9.87. The van der Waals surface area contributed by atoms with Gasteiger partial charge in [-0.3, -0.25) is 0 Å². The molecule has 1 aromatic carbocycles. The standard InChI is InChI=1S/C14H16IN3/c1-14(2,3)10-4-6-12(7-5-10)18-13-16-8-11(15)9-17-13/h4-9H,1-3H3,(H,16,17,18). The number of aromatic nitrogens is 2. The van der Waals surface area contributed by atoms with Gasteiger partial charge in [-0.25, -0.2) is 9.97 Å². The number of benzene rings is 1. The van der Waals surface area contributed by atoms with Crippen LogP contribution in [0, 0.1) is 3.57 Å². The van der Waals surface area contributed by atoms with Gasteiger partial charge < -0.3 is 5.32 Å². The highest BCUT2D eigenvalue weighted by atomic mass is 127. The molecular formula is C14H16IN3. The molecule has 3 nitrogen and oxygen atoms in total. The molecule has 1 N–H and O–H groups in total. The van der Waals surface area contributed by atoms with E-state index in [4.69, 9.17) is 0 Å². The summed E-state index contributed by atoms with van der Waals surface area (Å²) in [6.45, 7) is 6.62. The smallest absolute Gasteiger partial charge is 0.227 e. The van der Waals surface area contributed by atoms with E-state index in [1.807, 2.05) is 0 Å². The Balaban J connectivity index is 2.13. The average Bonchev–Trinajstić information content (AvgIpc) is 2.32. The van der Waals surface area contributed by atoms with Crippen molar-refractivity contribution >= 4 is 34.2 Å². The topological polar surface area (TPSA) is 37.8 Å². The van der Waals surface area contributed by atoms with Gasteiger partial charge in [-0.15, -0.1) is 0 Å². The van der Waals surface area contributed by atoms with Crippen LogP contribution in [0.25, 0.3) is 0 Å². The highest BCUT2D eigenvalue weighted by molar-refractivity contribution is 14.1. The van der Waals surface area contributed by atoms with Crippen molar-refractivity contribution in [3.8, 4) is 0 Å². The summed E-state index contributed by atoms with van der Waals surface area (Å²) in [6, 6.07) is 8.38. The van der Waals surface area contributed by atoms with Crippen LogP contribution < -0.4 is 5.32 Å². The third kappa shape index (κ3) is 3.41. The molecule has 2 aromatic rings. The molecule has 18 heavy (non-hydrogen) atoms. The summed E-state index contributed by atoms with van der Waals surface area (Å²) < 4.78 is 1.03. The van der Waals surface area contributed by atoms with Crippen LogP contribution in [0.1, 0.15) is 26.3 Å². The van der Waals surface area contributed by atoms with Crippen molar-refractivity contribution in [1.29, 1.82) is 0 Å². The minimum atomic E-state index is 0.178. The van der Waals surface area contributed by atoms with Crippen molar-refractivity contribution in [2.45, 2.75) is 26.2 Å². The van der Waals surface area contributed by atoms with Gasteiger partial charge in [-0.1, -0.05) is 32.9 Å². The number of nitrogens with one attached hydrogen (secondary N) is 1. The van der Waals surface area contributed by atoms with Crippen LogP contribution in [-0.4, -0.2) is 9.97 Å². The van der Waals surface area contributed by atoms with Gasteiger partial charge in [0.2, 0.25) is 5.95 Å². The summed E-state index contributed by atoms with van der Waals surface area (Å²) in [6.07, 6.45) is 3.58. The van der Waals surface area contributed by atoms with E-state index in [-0.39, 0.29) is 5.41 Å². The molecule has 94 valence electrons. The fourth-order valence-electron chi connectivity index (χ4n) is 1.56. The number of anilines is 2. The molecule has 0 saturated carbocycles. The van der Waals surface area contributed by atoms with E-state index in [0.29, 0.717) is 5.95 Å². The Hall–Kier alpha value is -1.17. The molecule has 0 spiro atoms. The number of rotatable bonds is 2. The lowest BCUT2D eigenvalue weighted by Crippen LogP contribution is -2.10. The van der Waals surface area contributed by atoms with E-state index in [2.05, 4.69) is 82.9 Å². The lowest BCUT2D eigenvalue weighted by molar-refractivity contribution is 0.590. The molecule has 0 saturated heterocycles. The molecule has 0 unspecified atom stereocenters. The van der Waals surface area contributed by atoms with Crippen molar-refractivity contribution in [3.05, 3.63) is 45.8 Å². The Kier molecular flexibility index (Phi) is 3.85. The van der Waals surface area contributed by atoms with E-state index in [0.717, 1.165) is 9.26 Å². The first-order valence-electron chi connectivity index (χ1n) is 5.80. The monoisotopic (exact) mass is 353 g/mol. The number of hydrogen-bond acceptors (Lipinski definition) is 3. The molecule has 1 heterocycles. The fourth-order valence-corrected chi connectivity index (χ4v) is 1.84. The zero-order valence-corrected chi connectivity index (χ0v) is 12.9. The third-order valence-corrected chi connectivity index (χ3v) is 3.18. The molecule has 0 bridgehead atoms. The Morgan fingerprint density at radius 2 is 1.56 bits per heavy atom. The maximum Gasteiger partial charge on any atom is 0.227 e.